The Labute approximate surface area is 117 Å². The van der Waals surface area contributed by atoms with Gasteiger partial charge in [-0.25, -0.2) is 4.79 Å². The summed E-state index contributed by atoms with van der Waals surface area (Å²) in [6.45, 7) is 2.49. The van der Waals surface area contributed by atoms with Gasteiger partial charge in [-0.1, -0.05) is 6.07 Å². The monoisotopic (exact) mass is 274 g/mol. The van der Waals surface area contributed by atoms with Gasteiger partial charge in [-0.15, -0.1) is 0 Å². The van der Waals surface area contributed by atoms with Crippen molar-refractivity contribution in [3.8, 4) is 0 Å². The van der Waals surface area contributed by atoms with Crippen LogP contribution >= 0.6 is 0 Å². The first-order chi connectivity index (χ1) is 9.49. The van der Waals surface area contributed by atoms with Gasteiger partial charge >= 0.3 is 5.97 Å². The highest BCUT2D eigenvalue weighted by Crippen LogP contribution is 2.25. The zero-order valence-corrected chi connectivity index (χ0v) is 11.8. The van der Waals surface area contributed by atoms with Crippen LogP contribution in [0.5, 0.6) is 0 Å². The maximum atomic E-state index is 10.7. The number of aromatic carboxylic acids is 1. The maximum absolute atomic E-state index is 10.7. The van der Waals surface area contributed by atoms with Gasteiger partial charge in [0, 0.05) is 25.5 Å². The summed E-state index contributed by atoms with van der Waals surface area (Å²) in [6.07, 6.45) is 0. The molecule has 2 aromatic rings. The summed E-state index contributed by atoms with van der Waals surface area (Å²) < 4.78 is 5.21. The number of hydrogen-bond donors (Lipinski definition) is 2. The van der Waals surface area contributed by atoms with E-state index in [9.17, 15) is 4.79 Å². The lowest BCUT2D eigenvalue weighted by molar-refractivity contribution is 0.0660. The summed E-state index contributed by atoms with van der Waals surface area (Å²) in [7, 11) is 4.00. The number of furan rings is 1. The van der Waals surface area contributed by atoms with E-state index in [0.29, 0.717) is 12.3 Å². The fraction of sp³-hybridized carbons (Fsp3) is 0.267. The van der Waals surface area contributed by atoms with E-state index in [1.807, 2.05) is 33.2 Å². The lowest BCUT2D eigenvalue weighted by Crippen LogP contribution is -2.11. The second kappa shape index (κ2) is 5.69. The van der Waals surface area contributed by atoms with Crippen molar-refractivity contribution < 1.29 is 14.3 Å². The molecule has 2 rings (SSSR count). The third-order valence-corrected chi connectivity index (χ3v) is 3.11. The zero-order valence-electron chi connectivity index (χ0n) is 11.8. The van der Waals surface area contributed by atoms with Crippen molar-refractivity contribution >= 4 is 17.3 Å². The Hall–Kier alpha value is -2.43. The van der Waals surface area contributed by atoms with Crippen LogP contribution in [-0.2, 0) is 6.54 Å². The molecule has 0 amide bonds. The summed E-state index contributed by atoms with van der Waals surface area (Å²) in [5.41, 5.74) is 3.28. The summed E-state index contributed by atoms with van der Waals surface area (Å²) in [4.78, 5) is 12.8. The molecule has 0 saturated heterocycles. The Morgan fingerprint density at radius 3 is 2.65 bits per heavy atom. The van der Waals surface area contributed by atoms with E-state index in [2.05, 4.69) is 16.3 Å². The van der Waals surface area contributed by atoms with E-state index < -0.39 is 5.97 Å². The van der Waals surface area contributed by atoms with E-state index in [-0.39, 0.29) is 5.76 Å². The van der Waals surface area contributed by atoms with Crippen LogP contribution in [0.15, 0.2) is 34.7 Å². The van der Waals surface area contributed by atoms with Crippen molar-refractivity contribution in [3.05, 3.63) is 47.4 Å². The first-order valence-electron chi connectivity index (χ1n) is 6.32. The fourth-order valence-electron chi connectivity index (χ4n) is 2.07. The molecule has 1 aromatic heterocycles. The first-order valence-corrected chi connectivity index (χ1v) is 6.32. The normalized spacial score (nSPS) is 10.3. The van der Waals surface area contributed by atoms with Gasteiger partial charge in [0.15, 0.2) is 0 Å². The van der Waals surface area contributed by atoms with Crippen LogP contribution in [0.25, 0.3) is 0 Å². The standard InChI is InChI=1S/C15H18N2O3/c1-10-12(5-4-6-13(10)17(2)3)16-9-11-7-8-14(20-11)15(18)19/h4-8,16H,9H2,1-3H3,(H,18,19). The first kappa shape index (κ1) is 14.0. The molecule has 0 atom stereocenters. The Morgan fingerprint density at radius 1 is 1.30 bits per heavy atom. The molecule has 0 fully saturated rings. The third kappa shape index (κ3) is 2.93. The molecule has 20 heavy (non-hydrogen) atoms. The van der Waals surface area contributed by atoms with Crippen LogP contribution in [-0.4, -0.2) is 25.2 Å². The second-order valence-corrected chi connectivity index (χ2v) is 4.77. The van der Waals surface area contributed by atoms with Crippen LogP contribution in [0.1, 0.15) is 21.9 Å². The van der Waals surface area contributed by atoms with Gasteiger partial charge in [-0.05, 0) is 36.8 Å². The van der Waals surface area contributed by atoms with E-state index in [1.54, 1.807) is 6.07 Å². The van der Waals surface area contributed by atoms with Crippen LogP contribution in [0.2, 0.25) is 0 Å². The van der Waals surface area contributed by atoms with Gasteiger partial charge in [-0.3, -0.25) is 0 Å². The SMILES string of the molecule is Cc1c(NCc2ccc(C(=O)O)o2)cccc1N(C)C. The van der Waals surface area contributed by atoms with Crippen LogP contribution in [0.3, 0.4) is 0 Å². The van der Waals surface area contributed by atoms with E-state index >= 15 is 0 Å². The molecule has 1 aromatic carbocycles. The van der Waals surface area contributed by atoms with Gasteiger partial charge in [0.25, 0.3) is 0 Å². The van der Waals surface area contributed by atoms with Crippen LogP contribution in [0, 0.1) is 6.92 Å². The lowest BCUT2D eigenvalue weighted by atomic mass is 10.1. The Bertz CT molecular complexity index is 617. The number of nitrogens with zero attached hydrogens (tertiary/aromatic N) is 1. The number of rotatable bonds is 5. The molecule has 0 unspecified atom stereocenters. The number of nitrogens with one attached hydrogen (secondary N) is 1. The average Bonchev–Trinajstić information content (AvgIpc) is 2.86. The van der Waals surface area contributed by atoms with Crippen LogP contribution < -0.4 is 10.2 Å². The smallest absolute Gasteiger partial charge is 0.371 e. The molecule has 1 heterocycles. The Morgan fingerprint density at radius 2 is 2.05 bits per heavy atom. The van der Waals surface area contributed by atoms with Crippen molar-refractivity contribution in [1.29, 1.82) is 0 Å². The molecule has 106 valence electrons. The largest absolute Gasteiger partial charge is 0.475 e. The van der Waals surface area contributed by atoms with Gasteiger partial charge < -0.3 is 19.7 Å². The van der Waals surface area contributed by atoms with Crippen molar-refractivity contribution in [3.63, 3.8) is 0 Å². The summed E-state index contributed by atoms with van der Waals surface area (Å²) >= 11 is 0. The van der Waals surface area contributed by atoms with Crippen LogP contribution in [0.4, 0.5) is 11.4 Å². The molecular formula is C15H18N2O3. The third-order valence-electron chi connectivity index (χ3n) is 3.11. The minimum atomic E-state index is -1.05. The Balaban J connectivity index is 2.10. The van der Waals surface area contributed by atoms with Crippen molar-refractivity contribution in [2.45, 2.75) is 13.5 Å². The molecule has 0 spiro atoms. The molecule has 5 nitrogen and oxygen atoms in total. The minimum absolute atomic E-state index is 0.0411. The molecule has 0 aliphatic heterocycles. The number of benzene rings is 1. The lowest BCUT2D eigenvalue weighted by Gasteiger charge is -2.18. The average molecular weight is 274 g/mol. The van der Waals surface area contributed by atoms with Gasteiger partial charge in [0.1, 0.15) is 5.76 Å². The predicted molar refractivity (Wildman–Crippen MR) is 78.5 cm³/mol. The van der Waals surface area contributed by atoms with E-state index in [4.69, 9.17) is 9.52 Å². The summed E-state index contributed by atoms with van der Waals surface area (Å²) in [5.74, 6) is -0.500. The molecule has 0 aliphatic rings. The fourth-order valence-corrected chi connectivity index (χ4v) is 2.07. The number of anilines is 2. The minimum Gasteiger partial charge on any atom is -0.475 e. The number of carboxylic acids is 1. The molecule has 2 N–H and O–H groups in total. The highest BCUT2D eigenvalue weighted by molar-refractivity contribution is 5.84. The van der Waals surface area contributed by atoms with Crippen molar-refractivity contribution in [2.24, 2.45) is 0 Å². The highest BCUT2D eigenvalue weighted by atomic mass is 16.4. The topological polar surface area (TPSA) is 65.7 Å². The van der Waals surface area contributed by atoms with Crippen molar-refractivity contribution in [1.82, 2.24) is 0 Å². The molecule has 5 heteroatoms. The van der Waals surface area contributed by atoms with E-state index in [0.717, 1.165) is 16.9 Å². The maximum Gasteiger partial charge on any atom is 0.371 e. The summed E-state index contributed by atoms with van der Waals surface area (Å²) in [6, 6.07) is 9.15. The molecule has 0 saturated carbocycles. The van der Waals surface area contributed by atoms with Gasteiger partial charge in [-0.2, -0.15) is 0 Å². The van der Waals surface area contributed by atoms with Crippen molar-refractivity contribution in [2.75, 3.05) is 24.3 Å². The quantitative estimate of drug-likeness (QED) is 0.877. The van der Waals surface area contributed by atoms with E-state index in [1.165, 1.54) is 6.07 Å². The number of carboxylic acid groups (broad SMARTS) is 1. The molecular weight excluding hydrogens is 256 g/mol. The zero-order chi connectivity index (χ0) is 14.7. The van der Waals surface area contributed by atoms with Gasteiger partial charge in [0.05, 0.1) is 6.54 Å². The molecule has 0 radical (unpaired) electrons. The molecule has 0 bridgehead atoms. The predicted octanol–water partition coefficient (Wildman–Crippen LogP) is 2.96. The summed E-state index contributed by atoms with van der Waals surface area (Å²) in [5, 5.41) is 12.1. The second-order valence-electron chi connectivity index (χ2n) is 4.77. The van der Waals surface area contributed by atoms with Gasteiger partial charge in [0.2, 0.25) is 5.76 Å². The number of hydrogen-bond acceptors (Lipinski definition) is 4. The number of carbonyl (C=O) groups is 1. The Kier molecular flexibility index (Phi) is 3.98. The highest BCUT2D eigenvalue weighted by Gasteiger charge is 2.10. The molecule has 0 aliphatic carbocycles.